The maximum absolute atomic E-state index is 13.7. The number of rotatable bonds is 6. The number of amides is 1. The van der Waals surface area contributed by atoms with Crippen LogP contribution in [-0.2, 0) is 9.63 Å². The third-order valence-corrected chi connectivity index (χ3v) is 5.84. The van der Waals surface area contributed by atoms with Crippen LogP contribution in [0.4, 0.5) is 4.39 Å². The molecule has 0 spiro atoms. The second-order valence-electron chi connectivity index (χ2n) is 6.87. The van der Waals surface area contributed by atoms with E-state index in [0.29, 0.717) is 33.0 Å². The van der Waals surface area contributed by atoms with Crippen LogP contribution in [0.15, 0.2) is 39.0 Å². The van der Waals surface area contributed by atoms with Crippen LogP contribution < -0.4 is 24.4 Å². The number of halogens is 2. The standard InChI is InChI=1S/C21H19BrFN3O6/c1-10-15(21(27)25-24-8-11-6-4-5-7-12(11)23)26-32-16(10)13-14(22)18-20(31-9-30-18)19(29-3)17(13)28-2/h4-8,10,16H,9H2,1-3H3,(H,25,27)/b24-8-/t10-,16+/m1/s1. The fourth-order valence-electron chi connectivity index (χ4n) is 3.48. The van der Waals surface area contributed by atoms with Gasteiger partial charge in [0.15, 0.2) is 23.3 Å². The molecule has 1 amide bonds. The minimum absolute atomic E-state index is 0.0299. The van der Waals surface area contributed by atoms with E-state index in [9.17, 15) is 9.18 Å². The molecule has 2 aromatic carbocycles. The molecular formula is C21H19BrFN3O6. The molecule has 0 radical (unpaired) electrons. The molecule has 168 valence electrons. The first-order valence-corrected chi connectivity index (χ1v) is 10.3. The van der Waals surface area contributed by atoms with Crippen LogP contribution in [0.25, 0.3) is 0 Å². The number of hydrazone groups is 1. The molecule has 4 rings (SSSR count). The van der Waals surface area contributed by atoms with Crippen LogP contribution in [0, 0.1) is 11.7 Å². The number of hydrogen-bond donors (Lipinski definition) is 1. The summed E-state index contributed by atoms with van der Waals surface area (Å²) in [5.41, 5.74) is 3.27. The third kappa shape index (κ3) is 3.72. The maximum atomic E-state index is 13.7. The Morgan fingerprint density at radius 3 is 2.69 bits per heavy atom. The molecule has 2 heterocycles. The number of ether oxygens (including phenoxy) is 4. The summed E-state index contributed by atoms with van der Waals surface area (Å²) in [4.78, 5) is 18.2. The lowest BCUT2D eigenvalue weighted by molar-refractivity contribution is -0.115. The third-order valence-electron chi connectivity index (χ3n) is 5.06. The van der Waals surface area contributed by atoms with E-state index in [2.05, 4.69) is 31.6 Å². The zero-order chi connectivity index (χ0) is 22.8. The topological polar surface area (TPSA) is 100.0 Å². The average molecular weight is 508 g/mol. The van der Waals surface area contributed by atoms with Crippen molar-refractivity contribution < 1.29 is 33.0 Å². The minimum atomic E-state index is -0.681. The van der Waals surface area contributed by atoms with Gasteiger partial charge in [-0.05, 0) is 22.0 Å². The average Bonchev–Trinajstić information content (AvgIpc) is 3.42. The number of hydrogen-bond acceptors (Lipinski definition) is 8. The number of methoxy groups -OCH3 is 2. The van der Waals surface area contributed by atoms with Gasteiger partial charge in [0.25, 0.3) is 5.91 Å². The largest absolute Gasteiger partial charge is 0.492 e. The molecule has 0 fully saturated rings. The smallest absolute Gasteiger partial charge is 0.289 e. The summed E-state index contributed by atoms with van der Waals surface area (Å²) >= 11 is 3.53. The second kappa shape index (κ2) is 9.03. The van der Waals surface area contributed by atoms with E-state index in [1.807, 2.05) is 0 Å². The van der Waals surface area contributed by atoms with Gasteiger partial charge in [-0.25, -0.2) is 9.82 Å². The molecule has 0 bridgehead atoms. The highest BCUT2D eigenvalue weighted by Crippen LogP contribution is 2.57. The Morgan fingerprint density at radius 2 is 1.97 bits per heavy atom. The van der Waals surface area contributed by atoms with Gasteiger partial charge in [0.05, 0.1) is 36.4 Å². The van der Waals surface area contributed by atoms with Gasteiger partial charge in [-0.15, -0.1) is 0 Å². The number of nitrogens with one attached hydrogen (secondary N) is 1. The quantitative estimate of drug-likeness (QED) is 0.474. The number of benzene rings is 2. The predicted molar refractivity (Wildman–Crippen MR) is 116 cm³/mol. The molecule has 2 aliphatic rings. The second-order valence-corrected chi connectivity index (χ2v) is 7.66. The van der Waals surface area contributed by atoms with Crippen LogP contribution in [0.2, 0.25) is 0 Å². The van der Waals surface area contributed by atoms with Crippen molar-refractivity contribution in [2.45, 2.75) is 13.0 Å². The Bertz CT molecular complexity index is 1120. The van der Waals surface area contributed by atoms with E-state index in [1.54, 1.807) is 19.1 Å². The van der Waals surface area contributed by atoms with Gasteiger partial charge in [0, 0.05) is 5.56 Å². The van der Waals surface area contributed by atoms with E-state index in [0.717, 1.165) is 0 Å². The SMILES string of the molecule is COc1c2c(c(Br)c([C@H]3ON=C(C(=O)N/N=C\c4ccccc4F)[C@H]3C)c1OC)OCO2. The van der Waals surface area contributed by atoms with Crippen molar-refractivity contribution in [2.75, 3.05) is 21.0 Å². The lowest BCUT2D eigenvalue weighted by atomic mass is 9.92. The molecule has 2 aromatic rings. The molecule has 1 N–H and O–H groups in total. The monoisotopic (exact) mass is 507 g/mol. The normalized spacial score (nSPS) is 19.0. The molecule has 2 atom stereocenters. The van der Waals surface area contributed by atoms with Gasteiger partial charge in [-0.1, -0.05) is 30.3 Å². The first-order valence-electron chi connectivity index (χ1n) is 9.52. The number of oxime groups is 1. The first kappa shape index (κ1) is 21.9. The van der Waals surface area contributed by atoms with E-state index in [1.165, 1.54) is 32.6 Å². The van der Waals surface area contributed by atoms with Crippen molar-refractivity contribution in [3.8, 4) is 23.0 Å². The van der Waals surface area contributed by atoms with Gasteiger partial charge in [0.1, 0.15) is 5.82 Å². The Kier molecular flexibility index (Phi) is 6.17. The number of carbonyl (C=O) groups is 1. The van der Waals surface area contributed by atoms with Crippen molar-refractivity contribution in [1.29, 1.82) is 0 Å². The number of carbonyl (C=O) groups excluding carboxylic acids is 1. The Labute approximate surface area is 191 Å². The lowest BCUT2D eigenvalue weighted by Gasteiger charge is -2.22. The fraction of sp³-hybridized carbons (Fsp3) is 0.286. The Balaban J connectivity index is 1.56. The first-order chi connectivity index (χ1) is 15.5. The molecule has 11 heteroatoms. The van der Waals surface area contributed by atoms with Crippen LogP contribution >= 0.6 is 15.9 Å². The van der Waals surface area contributed by atoms with Gasteiger partial charge >= 0.3 is 0 Å². The fourth-order valence-corrected chi connectivity index (χ4v) is 4.18. The highest BCUT2D eigenvalue weighted by molar-refractivity contribution is 9.10. The highest BCUT2D eigenvalue weighted by atomic mass is 79.9. The minimum Gasteiger partial charge on any atom is -0.492 e. The molecule has 0 aromatic heterocycles. The van der Waals surface area contributed by atoms with E-state index in [-0.39, 0.29) is 18.1 Å². The lowest BCUT2D eigenvalue weighted by Crippen LogP contribution is -2.31. The highest BCUT2D eigenvalue weighted by Gasteiger charge is 2.42. The predicted octanol–water partition coefficient (Wildman–Crippen LogP) is 3.55. The molecule has 0 unspecified atom stereocenters. The van der Waals surface area contributed by atoms with E-state index >= 15 is 0 Å². The molecule has 0 aliphatic carbocycles. The van der Waals surface area contributed by atoms with Gasteiger partial charge in [-0.2, -0.15) is 5.10 Å². The summed E-state index contributed by atoms with van der Waals surface area (Å²) in [6.07, 6.45) is 0.535. The zero-order valence-electron chi connectivity index (χ0n) is 17.3. The number of fused-ring (bicyclic) bond motifs is 1. The zero-order valence-corrected chi connectivity index (χ0v) is 18.9. The molecule has 0 saturated carbocycles. The van der Waals surface area contributed by atoms with Crippen molar-refractivity contribution in [3.63, 3.8) is 0 Å². The van der Waals surface area contributed by atoms with Crippen molar-refractivity contribution in [2.24, 2.45) is 16.2 Å². The summed E-state index contributed by atoms with van der Waals surface area (Å²) in [6.45, 7) is 1.81. The van der Waals surface area contributed by atoms with Gasteiger partial charge < -0.3 is 23.8 Å². The van der Waals surface area contributed by atoms with Crippen molar-refractivity contribution in [1.82, 2.24) is 5.43 Å². The summed E-state index contributed by atoms with van der Waals surface area (Å²) in [5, 5.41) is 7.76. The molecule has 32 heavy (non-hydrogen) atoms. The molecule has 9 nitrogen and oxygen atoms in total. The summed E-state index contributed by atoms with van der Waals surface area (Å²) in [5.74, 6) is 0.0719. The Morgan fingerprint density at radius 1 is 1.25 bits per heavy atom. The van der Waals surface area contributed by atoms with Crippen molar-refractivity contribution in [3.05, 3.63) is 45.7 Å². The van der Waals surface area contributed by atoms with E-state index < -0.39 is 23.7 Å². The molecule has 2 aliphatic heterocycles. The van der Waals surface area contributed by atoms with Crippen LogP contribution in [-0.4, -0.2) is 38.8 Å². The van der Waals surface area contributed by atoms with Gasteiger partial charge in [0.2, 0.25) is 18.3 Å². The summed E-state index contributed by atoms with van der Waals surface area (Å²) in [7, 11) is 2.97. The number of nitrogens with zero attached hydrogens (tertiary/aromatic N) is 2. The maximum Gasteiger partial charge on any atom is 0.289 e. The van der Waals surface area contributed by atoms with Crippen LogP contribution in [0.5, 0.6) is 23.0 Å². The Hall–Kier alpha value is -3.34. The van der Waals surface area contributed by atoms with Crippen LogP contribution in [0.1, 0.15) is 24.2 Å². The summed E-state index contributed by atoms with van der Waals surface area (Å²) in [6, 6.07) is 6.07. The summed E-state index contributed by atoms with van der Waals surface area (Å²) < 4.78 is 36.4. The van der Waals surface area contributed by atoms with Crippen molar-refractivity contribution >= 4 is 33.8 Å². The van der Waals surface area contributed by atoms with Gasteiger partial charge in [-0.3, -0.25) is 4.79 Å². The molecule has 0 saturated heterocycles. The van der Waals surface area contributed by atoms with E-state index in [4.69, 9.17) is 23.8 Å². The molecular weight excluding hydrogens is 489 g/mol. The van der Waals surface area contributed by atoms with Crippen LogP contribution in [0.3, 0.4) is 0 Å².